The zero-order valence-corrected chi connectivity index (χ0v) is 10.3. The Morgan fingerprint density at radius 3 is 2.80 bits per heavy atom. The first-order valence-electron chi connectivity index (χ1n) is 4.10. The Labute approximate surface area is 105 Å². The zero-order chi connectivity index (χ0) is 10.8. The molecule has 0 saturated heterocycles. The molecule has 0 fully saturated rings. The van der Waals surface area contributed by atoms with Crippen LogP contribution < -0.4 is 0 Å². The topological polar surface area (TPSA) is 25.8 Å². The lowest BCUT2D eigenvalue weighted by atomic mass is 10.1. The van der Waals surface area contributed by atoms with Crippen molar-refractivity contribution in [1.29, 1.82) is 0 Å². The van der Waals surface area contributed by atoms with Crippen molar-refractivity contribution in [2.45, 2.75) is 0 Å². The highest BCUT2D eigenvalue weighted by Gasteiger charge is 2.10. The van der Waals surface area contributed by atoms with Crippen molar-refractivity contribution in [3.63, 3.8) is 0 Å². The predicted octanol–water partition coefficient (Wildman–Crippen LogP) is 3.54. The molecule has 2 aromatic rings. The fourth-order valence-corrected chi connectivity index (χ4v) is 1.86. The average Bonchev–Trinajstić information content (AvgIpc) is 2.22. The second-order valence-electron chi connectivity index (χ2n) is 2.84. The summed E-state index contributed by atoms with van der Waals surface area (Å²) in [6.07, 6.45) is 1.25. The first-order chi connectivity index (χ1) is 7.18. The number of benzene rings is 1. The van der Waals surface area contributed by atoms with Gasteiger partial charge in [0, 0.05) is 9.13 Å². The van der Waals surface area contributed by atoms with Gasteiger partial charge in [-0.25, -0.2) is 14.4 Å². The molecule has 0 aliphatic carbocycles. The standard InChI is InChI=1S/C10H5ClFIN2/c11-10-8(12)9(14-5-15-10)6-2-1-3-7(13)4-6/h1-5H. The van der Waals surface area contributed by atoms with Crippen LogP contribution in [-0.4, -0.2) is 9.97 Å². The van der Waals surface area contributed by atoms with Gasteiger partial charge in [-0.05, 0) is 34.7 Å². The van der Waals surface area contributed by atoms with Crippen LogP contribution in [-0.2, 0) is 0 Å². The molecule has 0 radical (unpaired) electrons. The molecular formula is C10H5ClFIN2. The molecule has 0 spiro atoms. The normalized spacial score (nSPS) is 10.3. The van der Waals surface area contributed by atoms with Gasteiger partial charge in [-0.3, -0.25) is 0 Å². The highest BCUT2D eigenvalue weighted by molar-refractivity contribution is 14.1. The highest BCUT2D eigenvalue weighted by Crippen LogP contribution is 2.24. The van der Waals surface area contributed by atoms with Gasteiger partial charge in [0.25, 0.3) is 0 Å². The molecule has 0 aliphatic heterocycles. The van der Waals surface area contributed by atoms with E-state index in [0.29, 0.717) is 5.56 Å². The van der Waals surface area contributed by atoms with E-state index in [1.165, 1.54) is 6.33 Å². The van der Waals surface area contributed by atoms with E-state index in [4.69, 9.17) is 11.6 Å². The van der Waals surface area contributed by atoms with Gasteiger partial charge in [0.15, 0.2) is 11.0 Å². The van der Waals surface area contributed by atoms with E-state index in [0.717, 1.165) is 3.57 Å². The summed E-state index contributed by atoms with van der Waals surface area (Å²) in [6, 6.07) is 7.38. The van der Waals surface area contributed by atoms with Crippen LogP contribution >= 0.6 is 34.2 Å². The lowest BCUT2D eigenvalue weighted by molar-refractivity contribution is 0.618. The molecular weight excluding hydrogens is 329 g/mol. The largest absolute Gasteiger partial charge is 0.233 e. The monoisotopic (exact) mass is 334 g/mol. The van der Waals surface area contributed by atoms with Crippen LogP contribution in [0.1, 0.15) is 0 Å². The maximum atomic E-state index is 13.6. The predicted molar refractivity (Wildman–Crippen MR) is 65.2 cm³/mol. The van der Waals surface area contributed by atoms with Crippen LogP contribution in [0.4, 0.5) is 4.39 Å². The van der Waals surface area contributed by atoms with Gasteiger partial charge >= 0.3 is 0 Å². The molecule has 76 valence electrons. The molecule has 1 aromatic heterocycles. The smallest absolute Gasteiger partial charge is 0.186 e. The quantitative estimate of drug-likeness (QED) is 0.589. The van der Waals surface area contributed by atoms with Crippen LogP contribution in [0.15, 0.2) is 30.6 Å². The number of hydrogen-bond donors (Lipinski definition) is 0. The molecule has 0 N–H and O–H groups in total. The molecule has 15 heavy (non-hydrogen) atoms. The van der Waals surface area contributed by atoms with Crippen LogP contribution in [0.3, 0.4) is 0 Å². The van der Waals surface area contributed by atoms with E-state index in [1.807, 2.05) is 18.2 Å². The van der Waals surface area contributed by atoms with E-state index in [-0.39, 0.29) is 10.8 Å². The number of aromatic nitrogens is 2. The third-order valence-corrected chi connectivity index (χ3v) is 2.78. The van der Waals surface area contributed by atoms with Crippen LogP contribution in [0.2, 0.25) is 5.15 Å². The minimum absolute atomic E-state index is 0.154. The Balaban J connectivity index is 2.59. The summed E-state index contributed by atoms with van der Waals surface area (Å²) >= 11 is 7.73. The first kappa shape index (κ1) is 10.8. The van der Waals surface area contributed by atoms with Crippen LogP contribution in [0.5, 0.6) is 0 Å². The van der Waals surface area contributed by atoms with Crippen molar-refractivity contribution in [3.8, 4) is 11.3 Å². The molecule has 2 nitrogen and oxygen atoms in total. The van der Waals surface area contributed by atoms with Crippen molar-refractivity contribution in [3.05, 3.63) is 45.1 Å². The van der Waals surface area contributed by atoms with Gasteiger partial charge in [0.05, 0.1) is 0 Å². The Morgan fingerprint density at radius 2 is 2.07 bits per heavy atom. The maximum Gasteiger partial charge on any atom is 0.186 e. The zero-order valence-electron chi connectivity index (χ0n) is 7.42. The van der Waals surface area contributed by atoms with E-state index < -0.39 is 5.82 Å². The minimum atomic E-state index is -0.582. The summed E-state index contributed by atoms with van der Waals surface area (Å²) in [7, 11) is 0. The van der Waals surface area contributed by atoms with Crippen LogP contribution in [0, 0.1) is 9.39 Å². The Bertz CT molecular complexity index is 505. The van der Waals surface area contributed by atoms with E-state index in [2.05, 4.69) is 32.6 Å². The molecule has 0 aliphatic rings. The fourth-order valence-electron chi connectivity index (χ4n) is 1.19. The molecule has 0 atom stereocenters. The summed E-state index contributed by atoms with van der Waals surface area (Å²) in [5.74, 6) is -0.582. The molecule has 2 rings (SSSR count). The summed E-state index contributed by atoms with van der Waals surface area (Å²) in [6.45, 7) is 0. The highest BCUT2D eigenvalue weighted by atomic mass is 127. The summed E-state index contributed by atoms with van der Waals surface area (Å²) in [5, 5.41) is -0.154. The lowest BCUT2D eigenvalue weighted by Crippen LogP contribution is -1.92. The fraction of sp³-hybridized carbons (Fsp3) is 0. The molecule has 0 bridgehead atoms. The van der Waals surface area contributed by atoms with Crippen molar-refractivity contribution in [2.24, 2.45) is 0 Å². The van der Waals surface area contributed by atoms with Crippen molar-refractivity contribution in [1.82, 2.24) is 9.97 Å². The van der Waals surface area contributed by atoms with Gasteiger partial charge in [0.2, 0.25) is 0 Å². The molecule has 0 amide bonds. The second kappa shape index (κ2) is 4.40. The number of nitrogens with zero attached hydrogens (tertiary/aromatic N) is 2. The SMILES string of the molecule is Fc1c(Cl)ncnc1-c1cccc(I)c1. The molecule has 0 saturated carbocycles. The maximum absolute atomic E-state index is 13.6. The van der Waals surface area contributed by atoms with Gasteiger partial charge in [-0.1, -0.05) is 23.7 Å². The van der Waals surface area contributed by atoms with Crippen molar-refractivity contribution in [2.75, 3.05) is 0 Å². The Kier molecular flexibility index (Phi) is 3.16. The molecule has 5 heteroatoms. The van der Waals surface area contributed by atoms with Crippen molar-refractivity contribution >= 4 is 34.2 Å². The van der Waals surface area contributed by atoms with Crippen molar-refractivity contribution < 1.29 is 4.39 Å². The third kappa shape index (κ3) is 2.26. The minimum Gasteiger partial charge on any atom is -0.233 e. The Morgan fingerprint density at radius 1 is 1.27 bits per heavy atom. The van der Waals surface area contributed by atoms with E-state index in [9.17, 15) is 4.39 Å². The first-order valence-corrected chi connectivity index (χ1v) is 5.56. The lowest BCUT2D eigenvalue weighted by Gasteiger charge is -2.03. The van der Waals surface area contributed by atoms with Gasteiger partial charge < -0.3 is 0 Å². The van der Waals surface area contributed by atoms with Crippen LogP contribution in [0.25, 0.3) is 11.3 Å². The van der Waals surface area contributed by atoms with Gasteiger partial charge in [0.1, 0.15) is 12.0 Å². The molecule has 1 aromatic carbocycles. The molecule has 0 unspecified atom stereocenters. The average molecular weight is 335 g/mol. The number of hydrogen-bond acceptors (Lipinski definition) is 2. The number of rotatable bonds is 1. The number of halogens is 3. The second-order valence-corrected chi connectivity index (χ2v) is 4.44. The van der Waals surface area contributed by atoms with Gasteiger partial charge in [-0.15, -0.1) is 0 Å². The molecule has 1 heterocycles. The van der Waals surface area contributed by atoms with E-state index >= 15 is 0 Å². The third-order valence-electron chi connectivity index (χ3n) is 1.84. The van der Waals surface area contributed by atoms with Gasteiger partial charge in [-0.2, -0.15) is 0 Å². The summed E-state index contributed by atoms with van der Waals surface area (Å²) < 4.78 is 14.6. The van der Waals surface area contributed by atoms with E-state index in [1.54, 1.807) is 6.07 Å². The summed E-state index contributed by atoms with van der Waals surface area (Å²) in [5.41, 5.74) is 0.928. The summed E-state index contributed by atoms with van der Waals surface area (Å²) in [4.78, 5) is 7.44. The Hall–Kier alpha value is -0.750.